The summed E-state index contributed by atoms with van der Waals surface area (Å²) in [5, 5.41) is 3.68. The van der Waals surface area contributed by atoms with Crippen LogP contribution in [-0.2, 0) is 42.1 Å². The second-order valence-electron chi connectivity index (χ2n) is 15.5. The first-order valence-electron chi connectivity index (χ1n) is 20.4. The number of fused-ring (bicyclic) bond motifs is 8. The molecule has 4 aliphatic rings. The molecule has 0 aliphatic carbocycles. The average molecular weight is 809 g/mol. The van der Waals surface area contributed by atoms with Crippen LogP contribution in [0.5, 0.6) is 28.7 Å². The van der Waals surface area contributed by atoms with Crippen molar-refractivity contribution >= 4 is 40.8 Å². The van der Waals surface area contributed by atoms with Gasteiger partial charge >= 0.3 is 5.97 Å². The van der Waals surface area contributed by atoms with Crippen molar-refractivity contribution in [3.63, 3.8) is 0 Å². The van der Waals surface area contributed by atoms with E-state index in [0.717, 1.165) is 53.1 Å². The molecule has 0 unspecified atom stereocenters. The first kappa shape index (κ1) is 38.8. The third-order valence-electron chi connectivity index (χ3n) is 11.7. The summed E-state index contributed by atoms with van der Waals surface area (Å²) in [6.45, 7) is 2.43. The van der Waals surface area contributed by atoms with Crippen molar-refractivity contribution in [3.05, 3.63) is 124 Å². The summed E-state index contributed by atoms with van der Waals surface area (Å²) in [5.74, 6) is 2.46. The zero-order chi connectivity index (χ0) is 41.2. The molecular formula is C48H48N4O8. The fourth-order valence-corrected chi connectivity index (χ4v) is 8.66. The molecule has 0 radical (unpaired) electrons. The zero-order valence-electron chi connectivity index (χ0n) is 34.1. The number of esters is 1. The Kier molecular flexibility index (Phi) is 10.9. The molecule has 0 aromatic heterocycles. The number of para-hydroxylation sites is 2. The molecule has 60 heavy (non-hydrogen) atoms. The first-order valence-corrected chi connectivity index (χ1v) is 20.4. The Labute approximate surface area is 349 Å². The Bertz CT molecular complexity index is 2470. The van der Waals surface area contributed by atoms with Crippen molar-refractivity contribution in [1.29, 1.82) is 0 Å². The molecule has 308 valence electrons. The molecule has 0 spiro atoms. The van der Waals surface area contributed by atoms with Crippen LogP contribution in [0.4, 0.5) is 22.7 Å². The molecule has 5 aromatic rings. The normalized spacial score (nSPS) is 16.8. The Morgan fingerprint density at radius 2 is 1.45 bits per heavy atom. The number of methoxy groups -OCH3 is 3. The van der Waals surface area contributed by atoms with Gasteiger partial charge in [0.05, 0.1) is 51.3 Å². The third-order valence-corrected chi connectivity index (χ3v) is 11.7. The lowest BCUT2D eigenvalue weighted by molar-refractivity contribution is -0.140. The van der Waals surface area contributed by atoms with Crippen molar-refractivity contribution in [2.45, 2.75) is 63.9 Å². The highest BCUT2D eigenvalue weighted by Gasteiger charge is 2.37. The van der Waals surface area contributed by atoms with Crippen LogP contribution < -0.4 is 38.8 Å². The number of ether oxygens (including phenoxy) is 6. The number of anilines is 3. The van der Waals surface area contributed by atoms with Gasteiger partial charge in [-0.3, -0.25) is 19.5 Å². The molecule has 0 bridgehead atoms. The molecule has 4 heterocycles. The van der Waals surface area contributed by atoms with Gasteiger partial charge in [-0.25, -0.2) is 0 Å². The Morgan fingerprint density at radius 3 is 2.20 bits per heavy atom. The van der Waals surface area contributed by atoms with Crippen LogP contribution in [0.15, 0.2) is 96.0 Å². The van der Waals surface area contributed by atoms with E-state index in [9.17, 15) is 9.59 Å². The minimum absolute atomic E-state index is 0.128. The van der Waals surface area contributed by atoms with Gasteiger partial charge in [0.25, 0.3) is 5.91 Å². The molecule has 12 nitrogen and oxygen atoms in total. The van der Waals surface area contributed by atoms with Crippen LogP contribution in [0.3, 0.4) is 0 Å². The van der Waals surface area contributed by atoms with E-state index in [2.05, 4.69) is 46.6 Å². The van der Waals surface area contributed by atoms with Crippen molar-refractivity contribution in [1.82, 2.24) is 0 Å². The van der Waals surface area contributed by atoms with Crippen molar-refractivity contribution in [2.75, 3.05) is 49.6 Å². The lowest BCUT2D eigenvalue weighted by Crippen LogP contribution is -2.37. The lowest BCUT2D eigenvalue weighted by atomic mass is 10.1. The number of rotatable bonds is 14. The highest BCUT2D eigenvalue weighted by Crippen LogP contribution is 2.43. The van der Waals surface area contributed by atoms with E-state index in [1.165, 1.54) is 18.4 Å². The van der Waals surface area contributed by atoms with Gasteiger partial charge in [0.1, 0.15) is 19.0 Å². The minimum atomic E-state index is -0.239. The zero-order valence-corrected chi connectivity index (χ0v) is 34.1. The van der Waals surface area contributed by atoms with Gasteiger partial charge in [0.2, 0.25) is 0 Å². The Morgan fingerprint density at radius 1 is 0.750 bits per heavy atom. The quantitative estimate of drug-likeness (QED) is 0.0868. The van der Waals surface area contributed by atoms with Gasteiger partial charge in [0.15, 0.2) is 23.0 Å². The maximum Gasteiger partial charge on any atom is 0.305 e. The van der Waals surface area contributed by atoms with Gasteiger partial charge in [-0.2, -0.15) is 0 Å². The maximum atomic E-state index is 14.0. The SMILES string of the molecule is COC(=O)CCCCOc1cc(COc2cc3c(cc2OC)C(=O)N2c4ccccc4C[C@H]2C=N3)cc(COc2cc3c(cc2OC)CN2c4ccccc4C[C@H]2CN3)c1. The summed E-state index contributed by atoms with van der Waals surface area (Å²) in [7, 11) is 4.62. The summed E-state index contributed by atoms with van der Waals surface area (Å²) in [5.41, 5.74) is 9.55. The van der Waals surface area contributed by atoms with Crippen LogP contribution in [-0.4, -0.2) is 64.7 Å². The fourth-order valence-electron chi connectivity index (χ4n) is 8.66. The molecule has 5 aromatic carbocycles. The number of amides is 1. The molecule has 4 aliphatic heterocycles. The number of aliphatic imine (C=N–C) groups is 1. The monoisotopic (exact) mass is 808 g/mol. The summed E-state index contributed by atoms with van der Waals surface area (Å²) in [4.78, 5) is 34.7. The maximum absolute atomic E-state index is 14.0. The molecular weight excluding hydrogens is 761 g/mol. The smallest absolute Gasteiger partial charge is 0.305 e. The summed E-state index contributed by atoms with van der Waals surface area (Å²) >= 11 is 0. The van der Waals surface area contributed by atoms with Crippen LogP contribution in [0.2, 0.25) is 0 Å². The largest absolute Gasteiger partial charge is 0.494 e. The van der Waals surface area contributed by atoms with E-state index in [-0.39, 0.29) is 31.1 Å². The standard InChI is InChI=1S/C48H48N4O8/c1-55-43-21-34-27-51-35(19-32-10-4-6-12-41(32)51)25-49-39(34)23-45(43)59-28-30-16-31(18-37(17-30)58-15-9-8-14-47(53)57-3)29-60-46-24-40-38(22-44(46)56-2)48(54)52-36(26-50-40)20-33-11-5-7-13-42(33)52/h4-7,10-13,16-18,21-24,26,35-36,49H,8-9,14-15,19-20,25,27-29H2,1-3H3/t35-,36-/m0/s1. The van der Waals surface area contributed by atoms with Crippen LogP contribution in [0.25, 0.3) is 0 Å². The first-order chi connectivity index (χ1) is 29.4. The highest BCUT2D eigenvalue weighted by molar-refractivity contribution is 6.14. The molecule has 0 saturated carbocycles. The summed E-state index contributed by atoms with van der Waals surface area (Å²) in [6, 6.07) is 30.3. The number of nitrogens with zero attached hydrogens (tertiary/aromatic N) is 3. The number of hydrogen-bond donors (Lipinski definition) is 1. The average Bonchev–Trinajstić information content (AvgIpc) is 3.72. The number of nitrogens with one attached hydrogen (secondary N) is 1. The van der Waals surface area contributed by atoms with E-state index in [1.54, 1.807) is 26.4 Å². The number of carbonyl (C=O) groups excluding carboxylic acids is 2. The molecule has 1 N–H and O–H groups in total. The second-order valence-corrected chi connectivity index (χ2v) is 15.5. The van der Waals surface area contributed by atoms with E-state index in [4.69, 9.17) is 33.4 Å². The molecule has 12 heteroatoms. The molecule has 0 saturated heterocycles. The van der Waals surface area contributed by atoms with Crippen molar-refractivity contribution < 1.29 is 38.0 Å². The van der Waals surface area contributed by atoms with Gasteiger partial charge in [-0.15, -0.1) is 0 Å². The van der Waals surface area contributed by atoms with Gasteiger partial charge in [0, 0.05) is 61.3 Å². The molecule has 2 atom stereocenters. The Balaban J connectivity index is 0.938. The predicted molar refractivity (Wildman–Crippen MR) is 230 cm³/mol. The fraction of sp³-hybridized carbons (Fsp3) is 0.312. The van der Waals surface area contributed by atoms with E-state index in [0.29, 0.717) is 78.3 Å². The van der Waals surface area contributed by atoms with Gasteiger partial charge in [-0.05, 0) is 89.5 Å². The van der Waals surface area contributed by atoms with E-state index in [1.807, 2.05) is 53.6 Å². The minimum Gasteiger partial charge on any atom is -0.494 e. The van der Waals surface area contributed by atoms with Crippen molar-refractivity contribution in [2.24, 2.45) is 4.99 Å². The lowest BCUT2D eigenvalue weighted by Gasteiger charge is -2.25. The topological polar surface area (TPSA) is 120 Å². The van der Waals surface area contributed by atoms with Gasteiger partial charge < -0.3 is 38.6 Å². The predicted octanol–water partition coefficient (Wildman–Crippen LogP) is 8.23. The number of unbranched alkanes of at least 4 members (excludes halogenated alkanes) is 1. The number of hydrogen-bond acceptors (Lipinski definition) is 11. The molecule has 9 rings (SSSR count). The summed E-state index contributed by atoms with van der Waals surface area (Å²) < 4.78 is 35.6. The number of benzene rings is 5. The highest BCUT2D eigenvalue weighted by atomic mass is 16.5. The second kappa shape index (κ2) is 16.9. The van der Waals surface area contributed by atoms with E-state index < -0.39 is 0 Å². The molecule has 0 fully saturated rings. The number of carbonyl (C=O) groups is 2. The van der Waals surface area contributed by atoms with E-state index >= 15 is 0 Å². The van der Waals surface area contributed by atoms with Crippen molar-refractivity contribution in [3.8, 4) is 28.7 Å². The van der Waals surface area contributed by atoms with Crippen LogP contribution in [0.1, 0.15) is 57.4 Å². The third kappa shape index (κ3) is 7.77. The van der Waals surface area contributed by atoms with Crippen LogP contribution in [0, 0.1) is 0 Å². The van der Waals surface area contributed by atoms with Gasteiger partial charge in [-0.1, -0.05) is 36.4 Å². The molecule has 1 amide bonds. The van der Waals surface area contributed by atoms with Crippen LogP contribution >= 0.6 is 0 Å². The summed E-state index contributed by atoms with van der Waals surface area (Å²) in [6.07, 6.45) is 5.22. The Hall–Kier alpha value is -6.69.